The van der Waals surface area contributed by atoms with Gasteiger partial charge in [0, 0.05) is 73.4 Å². The lowest BCUT2D eigenvalue weighted by atomic mass is 10.1. The molecule has 3 N–H and O–H groups in total. The van der Waals surface area contributed by atoms with E-state index in [9.17, 15) is 14.3 Å². The van der Waals surface area contributed by atoms with Gasteiger partial charge in [-0.25, -0.2) is 18.7 Å². The van der Waals surface area contributed by atoms with E-state index in [0.717, 1.165) is 44.4 Å². The number of halogens is 2. The van der Waals surface area contributed by atoms with Crippen LogP contribution in [0, 0.1) is 18.6 Å². The lowest BCUT2D eigenvalue weighted by Crippen LogP contribution is -2.44. The van der Waals surface area contributed by atoms with Crippen molar-refractivity contribution in [3.63, 3.8) is 0 Å². The van der Waals surface area contributed by atoms with Crippen LogP contribution in [0.15, 0.2) is 36.7 Å². The van der Waals surface area contributed by atoms with Crippen LogP contribution in [0.25, 0.3) is 10.9 Å². The number of piperazine rings is 1. The maximum atomic E-state index is 15.4. The van der Waals surface area contributed by atoms with Crippen LogP contribution in [0.3, 0.4) is 0 Å². The van der Waals surface area contributed by atoms with Gasteiger partial charge in [0.15, 0.2) is 23.2 Å². The van der Waals surface area contributed by atoms with Gasteiger partial charge in [0.05, 0.1) is 12.1 Å². The summed E-state index contributed by atoms with van der Waals surface area (Å²) in [5, 5.41) is 13.4. The number of aromatic amines is 1. The third-order valence-corrected chi connectivity index (χ3v) is 7.66. The number of nitrogens with one attached hydrogen (secondary N) is 2. The predicted molar refractivity (Wildman–Crippen MR) is 151 cm³/mol. The zero-order chi connectivity index (χ0) is 28.7. The predicted octanol–water partition coefficient (Wildman–Crippen LogP) is 4.17. The van der Waals surface area contributed by atoms with Crippen LogP contribution >= 0.6 is 0 Å². The van der Waals surface area contributed by atoms with Crippen LogP contribution in [0.5, 0.6) is 11.6 Å². The molecule has 0 saturated carbocycles. The van der Waals surface area contributed by atoms with Crippen LogP contribution in [-0.2, 0) is 6.61 Å². The molecule has 41 heavy (non-hydrogen) atoms. The minimum atomic E-state index is -0.775. The first-order valence-electron chi connectivity index (χ1n) is 13.6. The monoisotopic (exact) mass is 563 g/mol. The summed E-state index contributed by atoms with van der Waals surface area (Å²) in [5.41, 5.74) is 2.77. The summed E-state index contributed by atoms with van der Waals surface area (Å²) < 4.78 is 36.0. The zero-order valence-corrected chi connectivity index (χ0v) is 22.9. The maximum Gasteiger partial charge on any atom is 0.263 e. The first-order valence-corrected chi connectivity index (χ1v) is 13.6. The van der Waals surface area contributed by atoms with Gasteiger partial charge in [-0.2, -0.15) is 0 Å². The highest BCUT2D eigenvalue weighted by Gasteiger charge is 2.30. The number of aliphatic hydroxyl groups is 1. The molecule has 2 aliphatic rings. The van der Waals surface area contributed by atoms with E-state index < -0.39 is 23.3 Å². The Hall–Kier alpha value is -4.29. The number of anilines is 3. The highest BCUT2D eigenvalue weighted by molar-refractivity contribution is 6.02. The lowest BCUT2D eigenvalue weighted by molar-refractivity contribution is 0.0649. The zero-order valence-electron chi connectivity index (χ0n) is 22.9. The van der Waals surface area contributed by atoms with Crippen molar-refractivity contribution in [2.24, 2.45) is 0 Å². The SMILES string of the molecule is Cc1cc2c(F)c(Oc3ncnc(Nc4ccc(N5CCN(C)CC5)cc4CO)c3C(=O)N3CCC3)cc(F)c2[nH]1. The average molecular weight is 564 g/mol. The van der Waals surface area contributed by atoms with E-state index in [4.69, 9.17) is 4.74 Å². The fourth-order valence-corrected chi connectivity index (χ4v) is 5.15. The Bertz CT molecular complexity index is 1610. The van der Waals surface area contributed by atoms with Crippen molar-refractivity contribution in [2.75, 3.05) is 56.5 Å². The Morgan fingerprint density at radius 2 is 1.88 bits per heavy atom. The molecule has 214 valence electrons. The number of carbonyl (C=O) groups is 1. The molecule has 6 rings (SSSR count). The maximum absolute atomic E-state index is 15.4. The smallest absolute Gasteiger partial charge is 0.263 e. The van der Waals surface area contributed by atoms with Crippen LogP contribution in [-0.4, -0.2) is 82.1 Å². The summed E-state index contributed by atoms with van der Waals surface area (Å²) >= 11 is 0. The second-order valence-corrected chi connectivity index (χ2v) is 10.5. The van der Waals surface area contributed by atoms with E-state index in [0.29, 0.717) is 30.0 Å². The number of H-pyrrole nitrogens is 1. The minimum Gasteiger partial charge on any atom is -0.435 e. The van der Waals surface area contributed by atoms with E-state index >= 15 is 4.39 Å². The molecule has 0 bridgehead atoms. The van der Waals surface area contributed by atoms with E-state index in [-0.39, 0.29) is 34.8 Å². The molecule has 0 atom stereocenters. The summed E-state index contributed by atoms with van der Waals surface area (Å²) in [6.45, 7) is 6.19. The number of ether oxygens (including phenoxy) is 1. The molecule has 0 unspecified atom stereocenters. The number of hydrogen-bond acceptors (Lipinski definition) is 8. The van der Waals surface area contributed by atoms with Gasteiger partial charge in [-0.05, 0) is 44.7 Å². The van der Waals surface area contributed by atoms with Gasteiger partial charge in [-0.1, -0.05) is 0 Å². The molecule has 0 radical (unpaired) electrons. The summed E-state index contributed by atoms with van der Waals surface area (Å²) in [4.78, 5) is 30.9. The van der Waals surface area contributed by atoms with Crippen LogP contribution in [0.4, 0.5) is 26.0 Å². The molecule has 2 aromatic carbocycles. The van der Waals surface area contributed by atoms with Gasteiger partial charge in [0.25, 0.3) is 5.91 Å². The van der Waals surface area contributed by atoms with Crippen molar-refractivity contribution >= 4 is 34.0 Å². The normalized spacial score (nSPS) is 15.7. The van der Waals surface area contributed by atoms with Gasteiger partial charge in [-0.15, -0.1) is 0 Å². The number of benzene rings is 2. The minimum absolute atomic E-state index is 0.00983. The van der Waals surface area contributed by atoms with Crippen LogP contribution in [0.1, 0.15) is 28.0 Å². The van der Waals surface area contributed by atoms with Gasteiger partial charge < -0.3 is 34.8 Å². The van der Waals surface area contributed by atoms with Crippen LogP contribution in [0.2, 0.25) is 0 Å². The number of carbonyl (C=O) groups excluding carboxylic acids is 1. The Kier molecular flexibility index (Phi) is 7.18. The molecular weight excluding hydrogens is 532 g/mol. The van der Waals surface area contributed by atoms with E-state index in [2.05, 4.69) is 37.1 Å². The quantitative estimate of drug-likeness (QED) is 0.308. The molecule has 1 amide bonds. The third-order valence-electron chi connectivity index (χ3n) is 7.66. The number of rotatable bonds is 7. The Labute approximate surface area is 235 Å². The van der Waals surface area contributed by atoms with Crippen molar-refractivity contribution < 1.29 is 23.4 Å². The molecule has 2 aliphatic heterocycles. The number of aryl methyl sites for hydroxylation is 1. The van der Waals surface area contributed by atoms with Crippen molar-refractivity contribution in [2.45, 2.75) is 20.0 Å². The second-order valence-electron chi connectivity index (χ2n) is 10.5. The molecule has 4 aromatic rings. The Morgan fingerprint density at radius 1 is 1.10 bits per heavy atom. The molecule has 10 nitrogen and oxygen atoms in total. The number of hydrogen-bond donors (Lipinski definition) is 3. The fourth-order valence-electron chi connectivity index (χ4n) is 5.15. The summed E-state index contributed by atoms with van der Waals surface area (Å²) in [6.07, 6.45) is 2.04. The third kappa shape index (κ3) is 5.16. The van der Waals surface area contributed by atoms with Crippen molar-refractivity contribution in [1.82, 2.24) is 24.8 Å². The molecule has 2 saturated heterocycles. The van der Waals surface area contributed by atoms with Gasteiger partial charge in [-0.3, -0.25) is 4.79 Å². The van der Waals surface area contributed by atoms with Crippen LogP contribution < -0.4 is 15.0 Å². The first-order chi connectivity index (χ1) is 19.8. The molecule has 2 aromatic heterocycles. The molecule has 0 aliphatic carbocycles. The number of likely N-dealkylation sites (tertiary alicyclic amines) is 1. The van der Waals surface area contributed by atoms with Gasteiger partial charge >= 0.3 is 0 Å². The summed E-state index contributed by atoms with van der Waals surface area (Å²) in [6, 6.07) is 8.12. The molecule has 12 heteroatoms. The van der Waals surface area contributed by atoms with E-state index in [1.807, 2.05) is 18.2 Å². The first kappa shape index (κ1) is 26.9. The topological polar surface area (TPSA) is 110 Å². The number of fused-ring (bicyclic) bond motifs is 1. The van der Waals surface area contributed by atoms with Gasteiger partial charge in [0.1, 0.15) is 11.9 Å². The Morgan fingerprint density at radius 3 is 2.59 bits per heavy atom. The molecule has 2 fully saturated rings. The number of aliphatic hydroxyl groups excluding tert-OH is 1. The fraction of sp³-hybridized carbons (Fsp3) is 0.345. The number of aromatic nitrogens is 3. The van der Waals surface area contributed by atoms with E-state index in [1.54, 1.807) is 11.8 Å². The summed E-state index contributed by atoms with van der Waals surface area (Å²) in [7, 11) is 2.09. The molecule has 0 spiro atoms. The average Bonchev–Trinajstić information content (AvgIpc) is 3.34. The lowest BCUT2D eigenvalue weighted by Gasteiger charge is -2.34. The number of amides is 1. The van der Waals surface area contributed by atoms with E-state index in [1.165, 1.54) is 12.4 Å². The highest BCUT2D eigenvalue weighted by atomic mass is 19.1. The number of likely N-dealkylation sites (N-methyl/N-ethyl adjacent to an activating group) is 1. The number of nitrogens with zero attached hydrogens (tertiary/aromatic N) is 5. The van der Waals surface area contributed by atoms with Crippen molar-refractivity contribution in [1.29, 1.82) is 0 Å². The van der Waals surface area contributed by atoms with Crippen molar-refractivity contribution in [3.05, 3.63) is 65.1 Å². The van der Waals surface area contributed by atoms with Gasteiger partial charge in [0.2, 0.25) is 5.88 Å². The highest BCUT2D eigenvalue weighted by Crippen LogP contribution is 2.36. The Balaban J connectivity index is 1.36. The molecule has 4 heterocycles. The second kappa shape index (κ2) is 10.9. The summed E-state index contributed by atoms with van der Waals surface area (Å²) in [5.74, 6) is -2.33. The standard InChI is InChI=1S/C29H31F2N7O3/c1-17-12-20-25(31)23(14-21(30)26(20)34-17)41-28-24(29(40)38-6-3-7-38)27(32-16-33-28)35-22-5-4-19(13-18(22)15-39)37-10-8-36(2)9-11-37/h4-5,12-14,16,34,39H,3,6-11,15H2,1-2H3,(H,32,33,35). The van der Waals surface area contributed by atoms with Crippen molar-refractivity contribution in [3.8, 4) is 11.6 Å². The largest absolute Gasteiger partial charge is 0.435 e. The molecular formula is C29H31F2N7O3.